The number of amides is 1. The van der Waals surface area contributed by atoms with Gasteiger partial charge in [-0.3, -0.25) is 19.5 Å². The van der Waals surface area contributed by atoms with Crippen molar-refractivity contribution in [3.63, 3.8) is 0 Å². The number of benzene rings is 1. The number of fused-ring (bicyclic) bond motifs is 3. The number of piperidine rings is 1. The van der Waals surface area contributed by atoms with Gasteiger partial charge in [-0.15, -0.1) is 0 Å². The third-order valence-corrected chi connectivity index (χ3v) is 6.73. The van der Waals surface area contributed by atoms with Crippen molar-refractivity contribution < 1.29 is 9.53 Å². The lowest BCUT2D eigenvalue weighted by atomic mass is 9.95. The van der Waals surface area contributed by atoms with Gasteiger partial charge in [-0.05, 0) is 56.3 Å². The van der Waals surface area contributed by atoms with Crippen LogP contribution in [0.2, 0.25) is 0 Å². The first-order valence-electron chi connectivity index (χ1n) is 12.1. The van der Waals surface area contributed by atoms with E-state index in [1.165, 1.54) is 41.7 Å². The molecule has 1 amide bonds. The second kappa shape index (κ2) is 11.3. The maximum Gasteiger partial charge on any atom is 0.328 e. The molecule has 0 spiro atoms. The van der Waals surface area contributed by atoms with E-state index in [-0.39, 0.29) is 18.9 Å². The average Bonchev–Trinajstić information content (AvgIpc) is 2.82. The van der Waals surface area contributed by atoms with Crippen LogP contribution >= 0.6 is 0 Å². The quantitative estimate of drug-likeness (QED) is 0.767. The molecule has 0 radical (unpaired) electrons. The first-order valence-corrected chi connectivity index (χ1v) is 12.1. The SMILES string of the molecule is O=C(CCn1ccc(=O)[nH]c1=O)N1CCCOc2cccc(c2)CCC2CCCCN2CC1. The number of hydrogen-bond acceptors (Lipinski definition) is 5. The summed E-state index contributed by atoms with van der Waals surface area (Å²) in [5, 5.41) is 0. The average molecular weight is 455 g/mol. The molecule has 1 saturated heterocycles. The van der Waals surface area contributed by atoms with Crippen LogP contribution in [0.5, 0.6) is 5.75 Å². The number of hydrogen-bond donors (Lipinski definition) is 1. The number of aromatic nitrogens is 2. The monoisotopic (exact) mass is 454 g/mol. The highest BCUT2D eigenvalue weighted by Crippen LogP contribution is 2.23. The van der Waals surface area contributed by atoms with E-state index < -0.39 is 11.2 Å². The van der Waals surface area contributed by atoms with Crippen molar-refractivity contribution in [3.8, 4) is 5.75 Å². The lowest BCUT2D eigenvalue weighted by Crippen LogP contribution is -2.46. The predicted molar refractivity (Wildman–Crippen MR) is 127 cm³/mol. The topological polar surface area (TPSA) is 87.6 Å². The molecule has 0 aliphatic carbocycles. The Morgan fingerprint density at radius 2 is 1.94 bits per heavy atom. The summed E-state index contributed by atoms with van der Waals surface area (Å²) >= 11 is 0. The van der Waals surface area contributed by atoms with Gasteiger partial charge in [-0.25, -0.2) is 4.79 Å². The zero-order valence-electron chi connectivity index (χ0n) is 19.2. The summed E-state index contributed by atoms with van der Waals surface area (Å²) in [6, 6.07) is 10.2. The molecule has 8 nitrogen and oxygen atoms in total. The minimum atomic E-state index is -0.483. The van der Waals surface area contributed by atoms with Gasteiger partial charge in [0.2, 0.25) is 5.91 Å². The molecule has 2 aromatic rings. The number of aryl methyl sites for hydroxylation is 2. The molecule has 0 saturated carbocycles. The highest BCUT2D eigenvalue weighted by molar-refractivity contribution is 5.76. The van der Waals surface area contributed by atoms with E-state index in [4.69, 9.17) is 4.74 Å². The summed E-state index contributed by atoms with van der Waals surface area (Å²) < 4.78 is 7.33. The lowest BCUT2D eigenvalue weighted by Gasteiger charge is -2.37. The van der Waals surface area contributed by atoms with Crippen LogP contribution in [0, 0.1) is 0 Å². The zero-order valence-corrected chi connectivity index (χ0v) is 19.2. The zero-order chi connectivity index (χ0) is 23.0. The van der Waals surface area contributed by atoms with E-state index in [1.807, 2.05) is 11.0 Å². The van der Waals surface area contributed by atoms with Gasteiger partial charge in [0.15, 0.2) is 0 Å². The molecular formula is C25H34N4O4. The van der Waals surface area contributed by atoms with Crippen molar-refractivity contribution in [2.45, 2.75) is 57.5 Å². The van der Waals surface area contributed by atoms with Crippen molar-refractivity contribution in [1.29, 1.82) is 0 Å². The van der Waals surface area contributed by atoms with Crippen LogP contribution in [-0.2, 0) is 17.8 Å². The first-order chi connectivity index (χ1) is 16.1. The minimum Gasteiger partial charge on any atom is -0.494 e. The number of nitrogens with one attached hydrogen (secondary N) is 1. The predicted octanol–water partition coefficient (Wildman–Crippen LogP) is 2.03. The second-order valence-corrected chi connectivity index (χ2v) is 9.01. The third-order valence-electron chi connectivity index (χ3n) is 6.73. The Kier molecular flexibility index (Phi) is 7.99. The molecule has 178 valence electrons. The molecule has 1 fully saturated rings. The Hall–Kier alpha value is -2.87. The van der Waals surface area contributed by atoms with Crippen LogP contribution in [0.3, 0.4) is 0 Å². The van der Waals surface area contributed by atoms with Gasteiger partial charge < -0.3 is 14.2 Å². The van der Waals surface area contributed by atoms with E-state index in [0.717, 1.165) is 38.1 Å². The number of ether oxygens (including phenoxy) is 1. The van der Waals surface area contributed by atoms with Crippen molar-refractivity contribution in [2.24, 2.45) is 0 Å². The van der Waals surface area contributed by atoms with E-state index in [9.17, 15) is 14.4 Å². The molecule has 3 heterocycles. The highest BCUT2D eigenvalue weighted by atomic mass is 16.5. The van der Waals surface area contributed by atoms with Gasteiger partial charge in [0.05, 0.1) is 6.61 Å². The summed E-state index contributed by atoms with van der Waals surface area (Å²) in [5.41, 5.74) is 0.409. The maximum atomic E-state index is 13.1. The van der Waals surface area contributed by atoms with Crippen molar-refractivity contribution in [2.75, 3.05) is 32.8 Å². The molecule has 2 aliphatic heterocycles. The summed E-state index contributed by atoms with van der Waals surface area (Å²) in [5.74, 6) is 0.913. The fourth-order valence-electron chi connectivity index (χ4n) is 4.86. The first kappa shape index (κ1) is 23.3. The van der Waals surface area contributed by atoms with Crippen LogP contribution in [0.25, 0.3) is 0 Å². The number of carbonyl (C=O) groups excluding carboxylic acids is 1. The van der Waals surface area contributed by atoms with Gasteiger partial charge >= 0.3 is 5.69 Å². The molecular weight excluding hydrogens is 420 g/mol. The molecule has 8 heteroatoms. The molecule has 1 atom stereocenters. The van der Waals surface area contributed by atoms with E-state index in [2.05, 4.69) is 28.1 Å². The summed E-state index contributed by atoms with van der Waals surface area (Å²) in [6.07, 6.45) is 8.25. The fraction of sp³-hybridized carbons (Fsp3) is 0.560. The maximum absolute atomic E-state index is 13.1. The molecule has 4 rings (SSSR count). The number of H-pyrrole nitrogens is 1. The van der Waals surface area contributed by atoms with Crippen LogP contribution < -0.4 is 16.0 Å². The Balaban J connectivity index is 1.43. The second-order valence-electron chi connectivity index (χ2n) is 9.01. The molecule has 33 heavy (non-hydrogen) atoms. The van der Waals surface area contributed by atoms with E-state index in [1.54, 1.807) is 0 Å². The van der Waals surface area contributed by atoms with Crippen LogP contribution in [0.15, 0.2) is 46.1 Å². The third kappa shape index (κ3) is 6.57. The number of nitrogens with zero attached hydrogens (tertiary/aromatic N) is 3. The van der Waals surface area contributed by atoms with Crippen LogP contribution in [-0.4, -0.2) is 64.1 Å². The van der Waals surface area contributed by atoms with E-state index in [0.29, 0.717) is 25.7 Å². The van der Waals surface area contributed by atoms with Crippen LogP contribution in [0.1, 0.15) is 44.1 Å². The molecule has 1 aromatic heterocycles. The molecule has 1 unspecified atom stereocenters. The van der Waals surface area contributed by atoms with Crippen molar-refractivity contribution >= 4 is 5.91 Å². The Morgan fingerprint density at radius 1 is 1.03 bits per heavy atom. The van der Waals surface area contributed by atoms with Crippen LogP contribution in [0.4, 0.5) is 0 Å². The Bertz CT molecular complexity index is 1050. The molecule has 2 bridgehead atoms. The highest BCUT2D eigenvalue weighted by Gasteiger charge is 2.24. The summed E-state index contributed by atoms with van der Waals surface area (Å²) in [4.78, 5) is 43.0. The Morgan fingerprint density at radius 3 is 2.82 bits per heavy atom. The lowest BCUT2D eigenvalue weighted by molar-refractivity contribution is -0.132. The van der Waals surface area contributed by atoms with Gasteiger partial charge in [0.1, 0.15) is 5.75 Å². The van der Waals surface area contributed by atoms with Gasteiger partial charge in [0, 0.05) is 50.9 Å². The number of aromatic amines is 1. The standard InChI is InChI=1S/C25H34N4O4/c30-23-10-14-29(25(32)26-23)15-11-24(31)28-13-4-18-33-22-7-3-5-20(19-22)8-9-21-6-1-2-12-27(21)16-17-28/h3,5,7,10,14,19,21H,1-2,4,6,8-9,11-13,15-18H2,(H,26,30,32). The molecule has 1 aromatic carbocycles. The van der Waals surface area contributed by atoms with E-state index >= 15 is 0 Å². The number of rotatable bonds is 3. The molecule has 1 N–H and O–H groups in total. The van der Waals surface area contributed by atoms with Gasteiger partial charge in [0.25, 0.3) is 5.56 Å². The Labute approximate surface area is 194 Å². The minimum absolute atomic E-state index is 0.0238. The van der Waals surface area contributed by atoms with Gasteiger partial charge in [-0.1, -0.05) is 18.6 Å². The fourth-order valence-corrected chi connectivity index (χ4v) is 4.86. The van der Waals surface area contributed by atoms with Crippen molar-refractivity contribution in [1.82, 2.24) is 19.4 Å². The molecule has 2 aliphatic rings. The number of carbonyl (C=O) groups is 1. The van der Waals surface area contributed by atoms with Gasteiger partial charge in [-0.2, -0.15) is 0 Å². The normalized spacial score (nSPS) is 20.4. The summed E-state index contributed by atoms with van der Waals surface area (Å²) in [6.45, 7) is 4.07. The summed E-state index contributed by atoms with van der Waals surface area (Å²) in [7, 11) is 0. The van der Waals surface area contributed by atoms with Crippen molar-refractivity contribution in [3.05, 3.63) is 62.9 Å². The largest absolute Gasteiger partial charge is 0.494 e. The smallest absolute Gasteiger partial charge is 0.328 e.